The fourth-order valence-electron chi connectivity index (χ4n) is 3.80. The Morgan fingerprint density at radius 3 is 1.56 bits per heavy atom. The molecule has 0 fully saturated rings. The highest BCUT2D eigenvalue weighted by Crippen LogP contribution is 2.39. The van der Waals surface area contributed by atoms with Gasteiger partial charge in [0.25, 0.3) is 0 Å². The van der Waals surface area contributed by atoms with Gasteiger partial charge in [0.1, 0.15) is 0 Å². The van der Waals surface area contributed by atoms with E-state index in [4.69, 9.17) is 9.94 Å². The summed E-state index contributed by atoms with van der Waals surface area (Å²) in [5.74, 6) is -2.07. The molecule has 2 N–H and O–H groups in total. The molecule has 5 heteroatoms. The fraction of sp³-hybridized carbons (Fsp3) is 0.259. The quantitative estimate of drug-likeness (QED) is 0.170. The first kappa shape index (κ1) is 23.4. The van der Waals surface area contributed by atoms with Gasteiger partial charge in [0, 0.05) is 13.0 Å². The summed E-state index contributed by atoms with van der Waals surface area (Å²) in [6, 6.07) is 30.5. The number of carbonyl (C=O) groups is 2. The van der Waals surface area contributed by atoms with Crippen LogP contribution in [-0.4, -0.2) is 23.4 Å². The normalized spacial score (nSPS) is 11.2. The topological polar surface area (TPSA) is 75.6 Å². The average Bonchev–Trinajstić information content (AvgIpc) is 2.84. The molecule has 0 aliphatic rings. The highest BCUT2D eigenvalue weighted by Gasteiger charge is 2.38. The zero-order valence-corrected chi connectivity index (χ0v) is 18.1. The summed E-state index contributed by atoms with van der Waals surface area (Å²) in [5.41, 5.74) is 5.45. The number of Topliss-reactive ketones (excluding diaryl/α,β-unsaturated/α-hetero) is 1. The molecule has 166 valence electrons. The number of nitrogens with one attached hydrogen (secondary N) is 1. The molecule has 0 amide bonds. The van der Waals surface area contributed by atoms with Crippen LogP contribution in [0.3, 0.4) is 0 Å². The van der Waals surface area contributed by atoms with Crippen molar-refractivity contribution >= 4 is 11.8 Å². The summed E-state index contributed by atoms with van der Waals surface area (Å²) in [6.45, 7) is 0.640. The second kappa shape index (κ2) is 11.9. The molecule has 0 aliphatic carbocycles. The maximum atomic E-state index is 11.2. The molecule has 0 unspecified atom stereocenters. The molecule has 0 saturated carbocycles. The lowest BCUT2D eigenvalue weighted by Crippen LogP contribution is -2.38. The number of hydroxylamine groups is 1. The smallest absolute Gasteiger partial charge is 0.372 e. The van der Waals surface area contributed by atoms with E-state index in [0.29, 0.717) is 13.0 Å². The molecule has 0 radical (unpaired) electrons. The van der Waals surface area contributed by atoms with E-state index < -0.39 is 17.4 Å². The average molecular weight is 432 g/mol. The second-order valence-corrected chi connectivity index (χ2v) is 7.67. The Hall–Kier alpha value is -3.28. The van der Waals surface area contributed by atoms with Crippen molar-refractivity contribution in [2.45, 2.75) is 37.7 Å². The zero-order valence-electron chi connectivity index (χ0n) is 18.1. The van der Waals surface area contributed by atoms with Crippen LogP contribution in [0.25, 0.3) is 0 Å². The predicted octanol–water partition coefficient (Wildman–Crippen LogP) is 5.10. The molecule has 0 bridgehead atoms. The molecule has 0 heterocycles. The van der Waals surface area contributed by atoms with Crippen LogP contribution in [0.15, 0.2) is 91.0 Å². The van der Waals surface area contributed by atoms with Crippen molar-refractivity contribution in [3.05, 3.63) is 108 Å². The van der Waals surface area contributed by atoms with E-state index in [1.807, 2.05) is 54.6 Å². The SMILES string of the molecule is O=C(O)C(=O)CCCCCCNOC(c1ccccc1)(c1ccccc1)c1ccccc1. The maximum Gasteiger partial charge on any atom is 0.372 e. The Bertz CT molecular complexity index is 878. The van der Waals surface area contributed by atoms with Gasteiger partial charge in [0.05, 0.1) is 0 Å². The molecule has 32 heavy (non-hydrogen) atoms. The zero-order chi connectivity index (χ0) is 22.7. The first-order valence-electron chi connectivity index (χ1n) is 11.0. The Kier molecular flexibility index (Phi) is 8.72. The predicted molar refractivity (Wildman–Crippen MR) is 124 cm³/mol. The number of benzene rings is 3. The summed E-state index contributed by atoms with van der Waals surface area (Å²) < 4.78 is 0. The van der Waals surface area contributed by atoms with Gasteiger partial charge in [-0.05, 0) is 29.5 Å². The molecule has 0 aliphatic heterocycles. The minimum atomic E-state index is -1.35. The number of rotatable bonds is 13. The molecule has 3 rings (SSSR count). The van der Waals surface area contributed by atoms with Gasteiger partial charge < -0.3 is 5.11 Å². The lowest BCUT2D eigenvalue weighted by molar-refractivity contribution is -0.149. The lowest BCUT2D eigenvalue weighted by atomic mass is 9.80. The second-order valence-electron chi connectivity index (χ2n) is 7.67. The molecular weight excluding hydrogens is 402 g/mol. The van der Waals surface area contributed by atoms with Crippen LogP contribution in [0, 0.1) is 0 Å². The van der Waals surface area contributed by atoms with E-state index in [2.05, 4.69) is 41.9 Å². The van der Waals surface area contributed by atoms with E-state index in [1.54, 1.807) is 0 Å². The van der Waals surface area contributed by atoms with Gasteiger partial charge in [-0.3, -0.25) is 9.63 Å². The van der Waals surface area contributed by atoms with Crippen LogP contribution in [0.4, 0.5) is 0 Å². The van der Waals surface area contributed by atoms with Crippen LogP contribution in [0.2, 0.25) is 0 Å². The summed E-state index contributed by atoms with van der Waals surface area (Å²) in [6.07, 6.45) is 3.24. The van der Waals surface area contributed by atoms with Crippen molar-refractivity contribution in [1.29, 1.82) is 0 Å². The Morgan fingerprint density at radius 2 is 1.12 bits per heavy atom. The van der Waals surface area contributed by atoms with Crippen LogP contribution in [0.1, 0.15) is 48.8 Å². The van der Waals surface area contributed by atoms with Gasteiger partial charge in [-0.1, -0.05) is 104 Å². The number of unbranched alkanes of at least 4 members (excludes halogenated alkanes) is 3. The molecule has 0 atom stereocenters. The summed E-state index contributed by atoms with van der Waals surface area (Å²) in [4.78, 5) is 28.2. The van der Waals surface area contributed by atoms with E-state index >= 15 is 0 Å². The van der Waals surface area contributed by atoms with E-state index in [0.717, 1.165) is 36.0 Å². The minimum Gasteiger partial charge on any atom is -0.476 e. The number of ketones is 1. The Morgan fingerprint density at radius 1 is 0.688 bits per heavy atom. The van der Waals surface area contributed by atoms with Crippen molar-refractivity contribution in [2.24, 2.45) is 0 Å². The lowest BCUT2D eigenvalue weighted by Gasteiger charge is -2.35. The standard InChI is InChI=1S/C27H29NO4/c29-25(26(30)31)20-12-1-2-13-21-28-32-27(22-14-6-3-7-15-22,23-16-8-4-9-17-23)24-18-10-5-11-19-24/h3-11,14-19,28H,1-2,12-13,20-21H2,(H,30,31). The van der Waals surface area contributed by atoms with Gasteiger partial charge in [0.15, 0.2) is 5.60 Å². The molecule has 3 aromatic rings. The van der Waals surface area contributed by atoms with Crippen molar-refractivity contribution in [2.75, 3.05) is 6.54 Å². The van der Waals surface area contributed by atoms with Gasteiger partial charge in [0.2, 0.25) is 5.78 Å². The molecule has 0 aromatic heterocycles. The van der Waals surface area contributed by atoms with Gasteiger partial charge in [-0.2, -0.15) is 0 Å². The van der Waals surface area contributed by atoms with E-state index in [9.17, 15) is 9.59 Å². The van der Waals surface area contributed by atoms with Gasteiger partial charge in [-0.15, -0.1) is 0 Å². The number of hydrogen-bond donors (Lipinski definition) is 2. The number of carboxylic acid groups (broad SMARTS) is 1. The first-order valence-corrected chi connectivity index (χ1v) is 11.0. The van der Waals surface area contributed by atoms with Gasteiger partial charge in [-0.25, -0.2) is 10.3 Å². The van der Waals surface area contributed by atoms with Crippen LogP contribution >= 0.6 is 0 Å². The van der Waals surface area contributed by atoms with Crippen molar-refractivity contribution in [3.8, 4) is 0 Å². The van der Waals surface area contributed by atoms with E-state index in [-0.39, 0.29) is 6.42 Å². The highest BCUT2D eigenvalue weighted by molar-refractivity contribution is 6.32. The molecule has 3 aromatic carbocycles. The van der Waals surface area contributed by atoms with Crippen molar-refractivity contribution in [1.82, 2.24) is 5.48 Å². The minimum absolute atomic E-state index is 0.0956. The number of carboxylic acids is 1. The summed E-state index contributed by atoms with van der Waals surface area (Å²) >= 11 is 0. The number of carbonyl (C=O) groups excluding carboxylic acids is 1. The highest BCUT2D eigenvalue weighted by atomic mass is 16.7. The third-order valence-electron chi connectivity index (χ3n) is 5.44. The van der Waals surface area contributed by atoms with Crippen molar-refractivity contribution < 1.29 is 19.5 Å². The molecular formula is C27H29NO4. The largest absolute Gasteiger partial charge is 0.476 e. The maximum absolute atomic E-state index is 11.2. The number of hydrogen-bond acceptors (Lipinski definition) is 4. The monoisotopic (exact) mass is 431 g/mol. The van der Waals surface area contributed by atoms with Crippen LogP contribution < -0.4 is 5.48 Å². The van der Waals surface area contributed by atoms with Crippen LogP contribution in [0.5, 0.6) is 0 Å². The molecule has 0 saturated heterocycles. The Labute approximate surface area is 189 Å². The summed E-state index contributed by atoms with van der Waals surface area (Å²) in [5, 5.41) is 8.64. The molecule has 5 nitrogen and oxygen atoms in total. The Balaban J connectivity index is 1.70. The third kappa shape index (κ3) is 5.90. The first-order chi connectivity index (χ1) is 15.6. The summed E-state index contributed by atoms with van der Waals surface area (Å²) in [7, 11) is 0. The number of aliphatic carboxylic acids is 1. The van der Waals surface area contributed by atoms with Crippen LogP contribution in [-0.2, 0) is 20.0 Å². The fourth-order valence-corrected chi connectivity index (χ4v) is 3.80. The van der Waals surface area contributed by atoms with Gasteiger partial charge >= 0.3 is 5.97 Å². The third-order valence-corrected chi connectivity index (χ3v) is 5.44. The van der Waals surface area contributed by atoms with Crippen molar-refractivity contribution in [3.63, 3.8) is 0 Å². The molecule has 0 spiro atoms. The van der Waals surface area contributed by atoms with E-state index in [1.165, 1.54) is 0 Å².